The molecule has 0 aromatic heterocycles. The Balaban J connectivity index is 1.78. The summed E-state index contributed by atoms with van der Waals surface area (Å²) in [5.74, 6) is -0.952. The lowest BCUT2D eigenvalue weighted by atomic mass is 10.2. The second-order valence-electron chi connectivity index (χ2n) is 4.74. The average molecular weight is 285 g/mol. The number of hydrogen-bond acceptors (Lipinski definition) is 3. The predicted molar refractivity (Wildman–Crippen MR) is 80.8 cm³/mol. The van der Waals surface area contributed by atoms with E-state index in [1.54, 1.807) is 0 Å². The molecule has 0 aliphatic heterocycles. The van der Waals surface area contributed by atoms with E-state index in [-0.39, 0.29) is 6.54 Å². The van der Waals surface area contributed by atoms with Crippen molar-refractivity contribution in [3.63, 3.8) is 0 Å². The SMILES string of the molecule is O=C(O)C(CNCc1ccccc1)OCc1ccccc1. The smallest absolute Gasteiger partial charge is 0.334 e. The van der Waals surface area contributed by atoms with Crippen LogP contribution in [0.3, 0.4) is 0 Å². The normalized spacial score (nSPS) is 12.0. The Morgan fingerprint density at radius 1 is 1.00 bits per heavy atom. The first-order valence-corrected chi connectivity index (χ1v) is 6.88. The van der Waals surface area contributed by atoms with Gasteiger partial charge in [-0.3, -0.25) is 0 Å². The van der Waals surface area contributed by atoms with Crippen molar-refractivity contribution in [2.24, 2.45) is 0 Å². The van der Waals surface area contributed by atoms with Gasteiger partial charge in [-0.15, -0.1) is 0 Å². The van der Waals surface area contributed by atoms with Gasteiger partial charge in [-0.1, -0.05) is 60.7 Å². The van der Waals surface area contributed by atoms with Crippen LogP contribution in [0.15, 0.2) is 60.7 Å². The summed E-state index contributed by atoms with van der Waals surface area (Å²) in [4.78, 5) is 11.2. The van der Waals surface area contributed by atoms with Gasteiger partial charge in [0, 0.05) is 13.1 Å². The molecule has 0 radical (unpaired) electrons. The van der Waals surface area contributed by atoms with E-state index in [2.05, 4.69) is 5.32 Å². The van der Waals surface area contributed by atoms with Gasteiger partial charge in [0.05, 0.1) is 6.61 Å². The van der Waals surface area contributed by atoms with E-state index >= 15 is 0 Å². The molecule has 0 fully saturated rings. The first-order chi connectivity index (χ1) is 10.3. The highest BCUT2D eigenvalue weighted by atomic mass is 16.5. The van der Waals surface area contributed by atoms with E-state index in [4.69, 9.17) is 4.74 Å². The number of benzene rings is 2. The third-order valence-electron chi connectivity index (χ3n) is 3.07. The topological polar surface area (TPSA) is 58.6 Å². The Kier molecular flexibility index (Phi) is 5.94. The number of carboxylic acid groups (broad SMARTS) is 1. The van der Waals surface area contributed by atoms with Gasteiger partial charge in [0.1, 0.15) is 0 Å². The highest BCUT2D eigenvalue weighted by Crippen LogP contribution is 2.04. The van der Waals surface area contributed by atoms with Crippen molar-refractivity contribution in [2.45, 2.75) is 19.3 Å². The Hall–Kier alpha value is -2.17. The Labute approximate surface area is 124 Å². The van der Waals surface area contributed by atoms with Crippen LogP contribution >= 0.6 is 0 Å². The molecule has 1 atom stereocenters. The first-order valence-electron chi connectivity index (χ1n) is 6.88. The Morgan fingerprint density at radius 2 is 1.57 bits per heavy atom. The minimum Gasteiger partial charge on any atom is -0.479 e. The molecule has 0 aliphatic rings. The molecule has 0 amide bonds. The fourth-order valence-corrected chi connectivity index (χ4v) is 1.93. The maximum Gasteiger partial charge on any atom is 0.334 e. The van der Waals surface area contributed by atoms with Gasteiger partial charge < -0.3 is 15.2 Å². The van der Waals surface area contributed by atoms with Crippen molar-refractivity contribution >= 4 is 5.97 Å². The van der Waals surface area contributed by atoms with Gasteiger partial charge in [0.25, 0.3) is 0 Å². The second-order valence-corrected chi connectivity index (χ2v) is 4.74. The molecule has 0 heterocycles. The molecular weight excluding hydrogens is 266 g/mol. The molecule has 2 aromatic carbocycles. The molecule has 21 heavy (non-hydrogen) atoms. The molecule has 4 heteroatoms. The summed E-state index contributed by atoms with van der Waals surface area (Å²) in [6, 6.07) is 19.4. The van der Waals surface area contributed by atoms with Crippen molar-refractivity contribution < 1.29 is 14.6 Å². The minimum atomic E-state index is -0.952. The third kappa shape index (κ3) is 5.38. The summed E-state index contributed by atoms with van der Waals surface area (Å²) in [5.41, 5.74) is 2.08. The third-order valence-corrected chi connectivity index (χ3v) is 3.07. The van der Waals surface area contributed by atoms with Crippen LogP contribution in [0.4, 0.5) is 0 Å². The fourth-order valence-electron chi connectivity index (χ4n) is 1.93. The molecule has 4 nitrogen and oxygen atoms in total. The van der Waals surface area contributed by atoms with Crippen molar-refractivity contribution in [2.75, 3.05) is 6.54 Å². The first kappa shape index (κ1) is 15.2. The molecule has 0 saturated carbocycles. The number of carboxylic acids is 1. The standard InChI is InChI=1S/C17H19NO3/c19-17(20)16(21-13-15-9-5-2-6-10-15)12-18-11-14-7-3-1-4-8-14/h1-10,16,18H,11-13H2,(H,19,20). The van der Waals surface area contributed by atoms with Crippen molar-refractivity contribution in [3.05, 3.63) is 71.8 Å². The lowest BCUT2D eigenvalue weighted by Gasteiger charge is -2.14. The largest absolute Gasteiger partial charge is 0.479 e. The summed E-state index contributed by atoms with van der Waals surface area (Å²) in [6.07, 6.45) is -0.853. The van der Waals surface area contributed by atoms with Crippen LogP contribution in [0, 0.1) is 0 Å². The summed E-state index contributed by atoms with van der Waals surface area (Å²) in [5, 5.41) is 12.3. The zero-order chi connectivity index (χ0) is 14.9. The van der Waals surface area contributed by atoms with Gasteiger partial charge in [0.15, 0.2) is 6.10 Å². The van der Waals surface area contributed by atoms with Gasteiger partial charge in [-0.05, 0) is 11.1 Å². The molecule has 2 N–H and O–H groups in total. The molecule has 0 saturated heterocycles. The van der Waals surface area contributed by atoms with Crippen molar-refractivity contribution in [3.8, 4) is 0 Å². The van der Waals surface area contributed by atoms with E-state index in [9.17, 15) is 9.90 Å². The van der Waals surface area contributed by atoms with Crippen LogP contribution in [0.5, 0.6) is 0 Å². The Bertz CT molecular complexity index is 542. The lowest BCUT2D eigenvalue weighted by molar-refractivity contribution is -0.150. The van der Waals surface area contributed by atoms with Gasteiger partial charge >= 0.3 is 5.97 Å². The summed E-state index contributed by atoms with van der Waals surface area (Å²) < 4.78 is 5.47. The molecular formula is C17H19NO3. The highest BCUT2D eigenvalue weighted by molar-refractivity contribution is 5.72. The van der Waals surface area contributed by atoms with E-state index in [0.717, 1.165) is 11.1 Å². The zero-order valence-corrected chi connectivity index (χ0v) is 11.7. The quantitative estimate of drug-likeness (QED) is 0.782. The number of hydrogen-bond donors (Lipinski definition) is 2. The molecule has 1 unspecified atom stereocenters. The second kappa shape index (κ2) is 8.19. The van der Waals surface area contributed by atoms with Crippen LogP contribution < -0.4 is 5.32 Å². The molecule has 110 valence electrons. The average Bonchev–Trinajstić information content (AvgIpc) is 2.52. The summed E-state index contributed by atoms with van der Waals surface area (Å²) >= 11 is 0. The van der Waals surface area contributed by atoms with Crippen molar-refractivity contribution in [1.29, 1.82) is 0 Å². The molecule has 0 spiro atoms. The van der Waals surface area contributed by atoms with Crippen LogP contribution in [-0.2, 0) is 22.7 Å². The Morgan fingerprint density at radius 3 is 2.14 bits per heavy atom. The predicted octanol–water partition coefficient (Wildman–Crippen LogP) is 2.45. The van der Waals surface area contributed by atoms with Gasteiger partial charge in [-0.2, -0.15) is 0 Å². The van der Waals surface area contributed by atoms with Crippen LogP contribution in [-0.4, -0.2) is 23.7 Å². The molecule has 0 aliphatic carbocycles. The molecule has 0 bridgehead atoms. The van der Waals surface area contributed by atoms with Crippen LogP contribution in [0.25, 0.3) is 0 Å². The lowest BCUT2D eigenvalue weighted by Crippen LogP contribution is -2.35. The number of ether oxygens (including phenoxy) is 1. The minimum absolute atomic E-state index is 0.275. The maximum absolute atomic E-state index is 11.2. The van der Waals surface area contributed by atoms with E-state index in [1.165, 1.54) is 0 Å². The van der Waals surface area contributed by atoms with E-state index in [1.807, 2.05) is 60.7 Å². The molecule has 2 rings (SSSR count). The summed E-state index contributed by atoms with van der Waals surface area (Å²) in [7, 11) is 0. The van der Waals surface area contributed by atoms with E-state index < -0.39 is 12.1 Å². The maximum atomic E-state index is 11.2. The van der Waals surface area contributed by atoms with Crippen LogP contribution in [0.2, 0.25) is 0 Å². The van der Waals surface area contributed by atoms with Crippen LogP contribution in [0.1, 0.15) is 11.1 Å². The fraction of sp³-hybridized carbons (Fsp3) is 0.235. The van der Waals surface area contributed by atoms with Gasteiger partial charge in [-0.25, -0.2) is 4.79 Å². The molecule has 2 aromatic rings. The van der Waals surface area contributed by atoms with Gasteiger partial charge in [0.2, 0.25) is 0 Å². The number of rotatable bonds is 8. The van der Waals surface area contributed by atoms with E-state index in [0.29, 0.717) is 13.2 Å². The monoisotopic (exact) mass is 285 g/mol. The van der Waals surface area contributed by atoms with Crippen molar-refractivity contribution in [1.82, 2.24) is 5.32 Å². The number of carbonyl (C=O) groups is 1. The number of aliphatic carboxylic acids is 1. The number of nitrogens with one attached hydrogen (secondary N) is 1. The highest BCUT2D eigenvalue weighted by Gasteiger charge is 2.17. The zero-order valence-electron chi connectivity index (χ0n) is 11.7. The summed E-state index contributed by atoms with van der Waals surface area (Å²) in [6.45, 7) is 1.20.